The smallest absolute Gasteiger partial charge is 0.261 e. The van der Waals surface area contributed by atoms with Crippen molar-refractivity contribution in [2.75, 3.05) is 25.6 Å². The van der Waals surface area contributed by atoms with Crippen molar-refractivity contribution in [3.8, 4) is 11.5 Å². The molecule has 0 aliphatic carbocycles. The first-order valence-corrected chi connectivity index (χ1v) is 11.6. The summed E-state index contributed by atoms with van der Waals surface area (Å²) >= 11 is 0. The average molecular weight is 481 g/mol. The van der Waals surface area contributed by atoms with Crippen LogP contribution in [0, 0.1) is 0 Å². The summed E-state index contributed by atoms with van der Waals surface area (Å²) in [4.78, 5) is 39.3. The van der Waals surface area contributed by atoms with Crippen LogP contribution in [0.15, 0.2) is 84.9 Å². The van der Waals surface area contributed by atoms with Gasteiger partial charge in [-0.2, -0.15) is 0 Å². The zero-order valence-corrected chi connectivity index (χ0v) is 19.7. The van der Waals surface area contributed by atoms with Crippen molar-refractivity contribution in [2.45, 2.75) is 6.42 Å². The van der Waals surface area contributed by atoms with Crippen LogP contribution in [0.25, 0.3) is 10.8 Å². The summed E-state index contributed by atoms with van der Waals surface area (Å²) in [5.74, 6) is 0.243. The SMILES string of the molecule is COCCCN1C(=O)c2ccc(C(=O)Nc3ccc(Oc4ccc5ccccc5c4)cc3)cc2C1=O. The first kappa shape index (κ1) is 23.3. The van der Waals surface area contributed by atoms with Crippen LogP contribution in [0.4, 0.5) is 5.69 Å². The maximum atomic E-state index is 12.8. The summed E-state index contributed by atoms with van der Waals surface area (Å²) in [7, 11) is 1.57. The van der Waals surface area contributed by atoms with Gasteiger partial charge in [-0.05, 0) is 71.8 Å². The van der Waals surface area contributed by atoms with E-state index < -0.39 is 5.91 Å². The molecule has 5 rings (SSSR count). The fourth-order valence-corrected chi connectivity index (χ4v) is 4.18. The Labute approximate surface area is 208 Å². The van der Waals surface area contributed by atoms with Gasteiger partial charge in [0.2, 0.25) is 0 Å². The predicted octanol–water partition coefficient (Wildman–Crippen LogP) is 5.52. The lowest BCUT2D eigenvalue weighted by Crippen LogP contribution is -2.31. The van der Waals surface area contributed by atoms with E-state index in [1.165, 1.54) is 17.0 Å². The van der Waals surface area contributed by atoms with E-state index in [0.717, 1.165) is 16.5 Å². The number of nitrogens with one attached hydrogen (secondary N) is 1. The first-order valence-electron chi connectivity index (χ1n) is 11.6. The molecule has 0 saturated carbocycles. The molecule has 0 atom stereocenters. The third-order valence-electron chi connectivity index (χ3n) is 6.03. The van der Waals surface area contributed by atoms with Gasteiger partial charge < -0.3 is 14.8 Å². The minimum atomic E-state index is -0.393. The Morgan fingerprint density at radius 3 is 2.31 bits per heavy atom. The van der Waals surface area contributed by atoms with Crippen molar-refractivity contribution >= 4 is 34.2 Å². The highest BCUT2D eigenvalue weighted by Gasteiger charge is 2.35. The molecule has 4 aromatic rings. The molecule has 0 aromatic heterocycles. The van der Waals surface area contributed by atoms with Crippen molar-refractivity contribution in [1.29, 1.82) is 0 Å². The zero-order chi connectivity index (χ0) is 25.1. The minimum Gasteiger partial charge on any atom is -0.457 e. The number of benzene rings is 4. The van der Waals surface area contributed by atoms with E-state index in [9.17, 15) is 14.4 Å². The molecule has 1 heterocycles. The molecule has 36 heavy (non-hydrogen) atoms. The predicted molar refractivity (Wildman–Crippen MR) is 137 cm³/mol. The monoisotopic (exact) mass is 480 g/mol. The Kier molecular flexibility index (Phi) is 6.47. The van der Waals surface area contributed by atoms with Gasteiger partial charge >= 0.3 is 0 Å². The summed E-state index contributed by atoms with van der Waals surface area (Å²) < 4.78 is 11.0. The molecule has 7 nitrogen and oxygen atoms in total. The van der Waals surface area contributed by atoms with Gasteiger partial charge in [-0.3, -0.25) is 19.3 Å². The molecule has 0 saturated heterocycles. The standard InChI is InChI=1S/C29H24N2O5/c1-35-16-4-15-31-28(33)25-14-8-21(18-26(25)29(31)34)27(32)30-22-9-12-23(13-10-22)36-24-11-7-19-5-2-3-6-20(19)17-24/h2-3,5-14,17-18H,4,15-16H2,1H3,(H,30,32). The van der Waals surface area contributed by atoms with Crippen LogP contribution >= 0.6 is 0 Å². The van der Waals surface area contributed by atoms with E-state index in [1.54, 1.807) is 37.4 Å². The molecular formula is C29H24N2O5. The van der Waals surface area contributed by atoms with E-state index in [4.69, 9.17) is 9.47 Å². The third kappa shape index (κ3) is 4.69. The van der Waals surface area contributed by atoms with E-state index in [1.807, 2.05) is 42.5 Å². The molecule has 0 spiro atoms. The number of amides is 3. The Bertz CT molecular complexity index is 1460. The number of carbonyl (C=O) groups excluding carboxylic acids is 3. The lowest BCUT2D eigenvalue weighted by Gasteiger charge is -2.12. The van der Waals surface area contributed by atoms with Gasteiger partial charge in [0, 0.05) is 31.5 Å². The van der Waals surface area contributed by atoms with E-state index >= 15 is 0 Å². The molecule has 0 fully saturated rings. The van der Waals surface area contributed by atoms with Gasteiger partial charge in [-0.25, -0.2) is 0 Å². The zero-order valence-electron chi connectivity index (χ0n) is 19.7. The van der Waals surface area contributed by atoms with Crippen LogP contribution in [0.2, 0.25) is 0 Å². The quantitative estimate of drug-likeness (QED) is 0.265. The topological polar surface area (TPSA) is 84.9 Å². The Morgan fingerprint density at radius 2 is 1.53 bits per heavy atom. The molecular weight excluding hydrogens is 456 g/mol. The van der Waals surface area contributed by atoms with Crippen molar-refractivity contribution in [3.63, 3.8) is 0 Å². The summed E-state index contributed by atoms with van der Waals surface area (Å²) in [5.41, 5.74) is 1.42. The van der Waals surface area contributed by atoms with Crippen molar-refractivity contribution < 1.29 is 23.9 Å². The lowest BCUT2D eigenvalue weighted by atomic mass is 10.1. The number of anilines is 1. The maximum absolute atomic E-state index is 12.8. The fraction of sp³-hybridized carbons (Fsp3) is 0.138. The normalized spacial score (nSPS) is 12.6. The second kappa shape index (κ2) is 10.0. The number of nitrogens with zero attached hydrogens (tertiary/aromatic N) is 1. The second-order valence-electron chi connectivity index (χ2n) is 8.46. The summed E-state index contributed by atoms with van der Waals surface area (Å²) in [6.07, 6.45) is 0.551. The van der Waals surface area contributed by atoms with Crippen LogP contribution < -0.4 is 10.1 Å². The number of imide groups is 1. The Balaban J connectivity index is 1.25. The van der Waals surface area contributed by atoms with Crippen LogP contribution in [0.5, 0.6) is 11.5 Å². The molecule has 3 amide bonds. The summed E-state index contributed by atoms with van der Waals surface area (Å²) in [6, 6.07) is 25.5. The average Bonchev–Trinajstić information content (AvgIpc) is 3.14. The Morgan fingerprint density at radius 1 is 0.806 bits per heavy atom. The fourth-order valence-electron chi connectivity index (χ4n) is 4.18. The molecule has 4 aromatic carbocycles. The molecule has 0 bridgehead atoms. The molecule has 1 aliphatic rings. The molecule has 0 unspecified atom stereocenters. The molecule has 1 N–H and O–H groups in total. The van der Waals surface area contributed by atoms with Crippen molar-refractivity contribution in [1.82, 2.24) is 4.90 Å². The van der Waals surface area contributed by atoms with E-state index in [0.29, 0.717) is 35.6 Å². The number of ether oxygens (including phenoxy) is 2. The second-order valence-corrected chi connectivity index (χ2v) is 8.46. The summed E-state index contributed by atoms with van der Waals surface area (Å²) in [5, 5.41) is 5.05. The minimum absolute atomic E-state index is 0.240. The number of fused-ring (bicyclic) bond motifs is 2. The highest BCUT2D eigenvalue weighted by atomic mass is 16.5. The highest BCUT2D eigenvalue weighted by Crippen LogP contribution is 2.28. The lowest BCUT2D eigenvalue weighted by molar-refractivity contribution is 0.0638. The van der Waals surface area contributed by atoms with Crippen molar-refractivity contribution in [3.05, 3.63) is 102 Å². The van der Waals surface area contributed by atoms with Gasteiger partial charge in [-0.1, -0.05) is 30.3 Å². The summed E-state index contributed by atoms with van der Waals surface area (Å²) in [6.45, 7) is 0.725. The van der Waals surface area contributed by atoms with Crippen LogP contribution in [-0.4, -0.2) is 42.9 Å². The number of methoxy groups -OCH3 is 1. The largest absolute Gasteiger partial charge is 0.457 e. The van der Waals surface area contributed by atoms with Gasteiger partial charge in [-0.15, -0.1) is 0 Å². The van der Waals surface area contributed by atoms with Crippen molar-refractivity contribution in [2.24, 2.45) is 0 Å². The van der Waals surface area contributed by atoms with E-state index in [2.05, 4.69) is 5.32 Å². The number of rotatable bonds is 8. The van der Waals surface area contributed by atoms with E-state index in [-0.39, 0.29) is 23.9 Å². The first-order chi connectivity index (χ1) is 17.5. The molecule has 1 aliphatic heterocycles. The van der Waals surface area contributed by atoms with Crippen LogP contribution in [-0.2, 0) is 4.74 Å². The number of hydrogen-bond donors (Lipinski definition) is 1. The third-order valence-corrected chi connectivity index (χ3v) is 6.03. The molecule has 0 radical (unpaired) electrons. The molecule has 180 valence electrons. The maximum Gasteiger partial charge on any atom is 0.261 e. The van der Waals surface area contributed by atoms with Gasteiger partial charge in [0.15, 0.2) is 0 Å². The number of hydrogen-bond acceptors (Lipinski definition) is 5. The van der Waals surface area contributed by atoms with Crippen LogP contribution in [0.3, 0.4) is 0 Å². The molecule has 7 heteroatoms. The van der Waals surface area contributed by atoms with Gasteiger partial charge in [0.1, 0.15) is 11.5 Å². The van der Waals surface area contributed by atoms with Gasteiger partial charge in [0.25, 0.3) is 17.7 Å². The van der Waals surface area contributed by atoms with Gasteiger partial charge in [0.05, 0.1) is 11.1 Å². The highest BCUT2D eigenvalue weighted by molar-refractivity contribution is 6.22. The number of carbonyl (C=O) groups is 3. The van der Waals surface area contributed by atoms with Crippen LogP contribution in [0.1, 0.15) is 37.5 Å². The Hall–Kier alpha value is -4.49.